The maximum absolute atomic E-state index is 12.4. The average Bonchev–Trinajstić information content (AvgIpc) is 2.41. The van der Waals surface area contributed by atoms with Crippen molar-refractivity contribution in [3.8, 4) is 0 Å². The minimum absolute atomic E-state index is 0.141. The van der Waals surface area contributed by atoms with Gasteiger partial charge in [0.1, 0.15) is 5.54 Å². The molecule has 1 aromatic rings. The summed E-state index contributed by atoms with van der Waals surface area (Å²) in [6, 6.07) is 7.85. The predicted molar refractivity (Wildman–Crippen MR) is 78.0 cm³/mol. The lowest BCUT2D eigenvalue weighted by atomic mass is 9.76. The van der Waals surface area contributed by atoms with Crippen molar-refractivity contribution in [1.29, 1.82) is 0 Å². The lowest BCUT2D eigenvalue weighted by molar-refractivity contribution is -0.148. The van der Waals surface area contributed by atoms with Gasteiger partial charge in [0.05, 0.1) is 5.92 Å². The van der Waals surface area contributed by atoms with E-state index in [2.05, 4.69) is 5.32 Å². The highest BCUT2D eigenvalue weighted by Gasteiger charge is 2.44. The number of benzene rings is 1. The molecule has 0 aromatic heterocycles. The summed E-state index contributed by atoms with van der Waals surface area (Å²) in [4.78, 5) is 23.9. The van der Waals surface area contributed by atoms with E-state index in [1.165, 1.54) is 5.56 Å². The third-order valence-electron chi connectivity index (χ3n) is 4.29. The third-order valence-corrected chi connectivity index (χ3v) is 5.27. The van der Waals surface area contributed by atoms with Gasteiger partial charge in [0.25, 0.3) is 0 Å². The molecule has 0 saturated carbocycles. The van der Waals surface area contributed by atoms with Crippen molar-refractivity contribution in [2.75, 3.05) is 11.5 Å². The molecule has 20 heavy (non-hydrogen) atoms. The van der Waals surface area contributed by atoms with Gasteiger partial charge in [0, 0.05) is 0 Å². The van der Waals surface area contributed by atoms with E-state index in [4.69, 9.17) is 0 Å². The lowest BCUT2D eigenvalue weighted by Gasteiger charge is -2.37. The van der Waals surface area contributed by atoms with Crippen molar-refractivity contribution >= 4 is 23.6 Å². The Balaban J connectivity index is 1.74. The molecule has 1 atom stereocenters. The summed E-state index contributed by atoms with van der Waals surface area (Å²) in [5.41, 5.74) is 1.17. The summed E-state index contributed by atoms with van der Waals surface area (Å²) in [5.74, 6) is 0.343. The minimum atomic E-state index is -1.06. The van der Waals surface area contributed by atoms with Gasteiger partial charge < -0.3 is 10.4 Å². The summed E-state index contributed by atoms with van der Waals surface area (Å²) in [5, 5.41) is 12.3. The Morgan fingerprint density at radius 2 is 1.95 bits per heavy atom. The Bertz CT molecular complexity index is 552. The Morgan fingerprint density at radius 1 is 1.25 bits per heavy atom. The van der Waals surface area contributed by atoms with Crippen LogP contribution >= 0.6 is 11.8 Å². The molecule has 106 valence electrons. The normalized spacial score (nSPS) is 23.3. The molecule has 1 amide bonds. The van der Waals surface area contributed by atoms with Gasteiger partial charge in [-0.15, -0.1) is 0 Å². The molecule has 4 nitrogen and oxygen atoms in total. The molecule has 5 heteroatoms. The first-order chi connectivity index (χ1) is 9.62. The Morgan fingerprint density at radius 3 is 2.60 bits per heavy atom. The fourth-order valence-electron chi connectivity index (χ4n) is 2.93. The fraction of sp³-hybridized carbons (Fsp3) is 0.467. The molecule has 1 aliphatic carbocycles. The second-order valence-electron chi connectivity index (χ2n) is 5.44. The largest absolute Gasteiger partial charge is 0.480 e. The van der Waals surface area contributed by atoms with E-state index in [0.29, 0.717) is 19.3 Å². The van der Waals surface area contributed by atoms with E-state index in [0.717, 1.165) is 17.1 Å². The fourth-order valence-corrected chi connectivity index (χ4v) is 4.12. The van der Waals surface area contributed by atoms with Crippen LogP contribution in [0.2, 0.25) is 0 Å². The van der Waals surface area contributed by atoms with Gasteiger partial charge >= 0.3 is 5.97 Å². The van der Waals surface area contributed by atoms with Gasteiger partial charge in [-0.05, 0) is 41.9 Å². The van der Waals surface area contributed by atoms with E-state index in [1.54, 1.807) is 11.8 Å². The number of hydrogen-bond donors (Lipinski definition) is 2. The Kier molecular flexibility index (Phi) is 3.46. The standard InChI is InChI=1S/C15H17NO3S/c17-13(12-9-10-3-1-2-4-11(10)12)16-15(14(18)19)5-7-20-8-6-15/h1-4,12H,5-9H2,(H,16,17)(H,18,19). The highest BCUT2D eigenvalue weighted by molar-refractivity contribution is 7.99. The summed E-state index contributed by atoms with van der Waals surface area (Å²) >= 11 is 1.74. The summed E-state index contributed by atoms with van der Waals surface area (Å²) in [6.45, 7) is 0. The van der Waals surface area contributed by atoms with Crippen LogP contribution in [-0.4, -0.2) is 34.0 Å². The van der Waals surface area contributed by atoms with Crippen LogP contribution in [0.4, 0.5) is 0 Å². The second-order valence-corrected chi connectivity index (χ2v) is 6.67. The number of fused-ring (bicyclic) bond motifs is 1. The molecule has 1 aromatic carbocycles. The van der Waals surface area contributed by atoms with Gasteiger partial charge in [-0.2, -0.15) is 11.8 Å². The van der Waals surface area contributed by atoms with Crippen molar-refractivity contribution in [1.82, 2.24) is 5.32 Å². The molecule has 2 N–H and O–H groups in total. The van der Waals surface area contributed by atoms with E-state index in [9.17, 15) is 14.7 Å². The lowest BCUT2D eigenvalue weighted by Crippen LogP contribution is -2.58. The van der Waals surface area contributed by atoms with Crippen LogP contribution < -0.4 is 5.32 Å². The van der Waals surface area contributed by atoms with Gasteiger partial charge in [-0.1, -0.05) is 24.3 Å². The van der Waals surface area contributed by atoms with Crippen LogP contribution in [-0.2, 0) is 16.0 Å². The molecule has 2 aliphatic rings. The summed E-state index contributed by atoms with van der Waals surface area (Å²) < 4.78 is 0. The van der Waals surface area contributed by atoms with Crippen LogP contribution in [0.15, 0.2) is 24.3 Å². The van der Waals surface area contributed by atoms with Crippen molar-refractivity contribution in [2.45, 2.75) is 30.7 Å². The van der Waals surface area contributed by atoms with Crippen molar-refractivity contribution in [3.63, 3.8) is 0 Å². The number of rotatable bonds is 3. The van der Waals surface area contributed by atoms with E-state index in [1.807, 2.05) is 24.3 Å². The van der Waals surface area contributed by atoms with Crippen LogP contribution in [0, 0.1) is 0 Å². The third kappa shape index (κ3) is 2.20. The van der Waals surface area contributed by atoms with Crippen molar-refractivity contribution < 1.29 is 14.7 Å². The number of thioether (sulfide) groups is 1. The molecule has 3 rings (SSSR count). The molecule has 1 unspecified atom stereocenters. The first-order valence-corrected chi connectivity index (χ1v) is 7.99. The number of carboxylic acid groups (broad SMARTS) is 1. The van der Waals surface area contributed by atoms with Crippen LogP contribution in [0.25, 0.3) is 0 Å². The molecular weight excluding hydrogens is 274 g/mol. The predicted octanol–water partition coefficient (Wildman–Crippen LogP) is 1.79. The summed E-state index contributed by atoms with van der Waals surface area (Å²) in [6.07, 6.45) is 1.73. The number of carbonyl (C=O) groups excluding carboxylic acids is 1. The number of carboxylic acids is 1. The average molecular weight is 291 g/mol. The van der Waals surface area contributed by atoms with E-state index in [-0.39, 0.29) is 11.8 Å². The maximum atomic E-state index is 12.4. The summed E-state index contributed by atoms with van der Waals surface area (Å²) in [7, 11) is 0. The Labute approximate surface area is 121 Å². The van der Waals surface area contributed by atoms with Gasteiger partial charge in [0.15, 0.2) is 0 Å². The zero-order valence-electron chi connectivity index (χ0n) is 11.1. The number of aliphatic carboxylic acids is 1. The number of amides is 1. The first-order valence-electron chi connectivity index (χ1n) is 6.83. The second kappa shape index (κ2) is 5.13. The highest BCUT2D eigenvalue weighted by Crippen LogP contribution is 2.36. The van der Waals surface area contributed by atoms with E-state index >= 15 is 0 Å². The minimum Gasteiger partial charge on any atom is -0.480 e. The maximum Gasteiger partial charge on any atom is 0.329 e. The van der Waals surface area contributed by atoms with Crippen LogP contribution in [0.1, 0.15) is 29.9 Å². The first kappa shape index (κ1) is 13.5. The van der Waals surface area contributed by atoms with Gasteiger partial charge in [0.2, 0.25) is 5.91 Å². The van der Waals surface area contributed by atoms with Crippen LogP contribution in [0.5, 0.6) is 0 Å². The highest BCUT2D eigenvalue weighted by atomic mass is 32.2. The van der Waals surface area contributed by atoms with E-state index < -0.39 is 11.5 Å². The molecule has 0 bridgehead atoms. The molecule has 1 aliphatic heterocycles. The Hall–Kier alpha value is -1.49. The van der Waals surface area contributed by atoms with Gasteiger partial charge in [-0.3, -0.25) is 4.79 Å². The number of hydrogen-bond acceptors (Lipinski definition) is 3. The molecular formula is C15H17NO3S. The molecule has 1 heterocycles. The monoisotopic (exact) mass is 291 g/mol. The number of nitrogens with one attached hydrogen (secondary N) is 1. The smallest absolute Gasteiger partial charge is 0.329 e. The van der Waals surface area contributed by atoms with Crippen molar-refractivity contribution in [3.05, 3.63) is 35.4 Å². The zero-order chi connectivity index (χ0) is 14.2. The topological polar surface area (TPSA) is 66.4 Å². The molecule has 0 spiro atoms. The molecule has 1 saturated heterocycles. The van der Waals surface area contributed by atoms with Gasteiger partial charge in [-0.25, -0.2) is 4.79 Å². The molecule has 0 radical (unpaired) electrons. The molecule has 1 fully saturated rings. The quantitative estimate of drug-likeness (QED) is 0.891. The number of carbonyl (C=O) groups is 2. The van der Waals surface area contributed by atoms with Crippen LogP contribution in [0.3, 0.4) is 0 Å². The van der Waals surface area contributed by atoms with Crippen molar-refractivity contribution in [2.24, 2.45) is 0 Å². The SMILES string of the molecule is O=C(NC1(C(=O)O)CCSCC1)C1Cc2ccccc21. The zero-order valence-corrected chi connectivity index (χ0v) is 11.9.